The van der Waals surface area contributed by atoms with E-state index >= 15 is 0 Å². The van der Waals surface area contributed by atoms with Crippen LogP contribution in [0.25, 0.3) is 0 Å². The third-order valence-corrected chi connectivity index (χ3v) is 4.82. The van der Waals surface area contributed by atoms with Gasteiger partial charge in [0.1, 0.15) is 0 Å². The first kappa shape index (κ1) is 14.4. The molecule has 1 aliphatic carbocycles. The average molecular weight is 284 g/mol. The van der Waals surface area contributed by atoms with E-state index < -0.39 is 10.0 Å². The van der Waals surface area contributed by atoms with Crippen LogP contribution in [-0.2, 0) is 16.6 Å². The molecule has 1 aliphatic rings. The molecule has 5 nitrogen and oxygen atoms in total. The highest BCUT2D eigenvalue weighted by atomic mass is 32.2. The molecule has 1 atom stereocenters. The number of nitrogens with zero attached hydrogens (tertiary/aromatic N) is 1. The van der Waals surface area contributed by atoms with E-state index in [0.717, 1.165) is 12.8 Å². The van der Waals surface area contributed by atoms with Gasteiger partial charge in [0, 0.05) is 12.2 Å². The Balaban J connectivity index is 2.06. The van der Waals surface area contributed by atoms with Crippen LogP contribution in [0.2, 0.25) is 0 Å². The van der Waals surface area contributed by atoms with Gasteiger partial charge in [-0.05, 0) is 30.4 Å². The van der Waals surface area contributed by atoms with Crippen molar-refractivity contribution >= 4 is 10.0 Å². The maximum absolute atomic E-state index is 12.2. The second-order valence-electron chi connectivity index (χ2n) is 5.07. The van der Waals surface area contributed by atoms with Gasteiger partial charge in [0.2, 0.25) is 0 Å². The summed E-state index contributed by atoms with van der Waals surface area (Å²) < 4.78 is 27.0. The summed E-state index contributed by atoms with van der Waals surface area (Å²) in [5.41, 5.74) is 0.601. The first-order valence-corrected chi connectivity index (χ1v) is 8.11. The molecule has 0 saturated heterocycles. The standard InChI is InChI=1S/C13H20N2O3S/c1-2-12(7-10-3-4-10)15-19(17,18)13-6-5-11(9-16)8-14-13/h5-6,8,10,12,15-16H,2-4,7,9H2,1H3. The Morgan fingerprint density at radius 3 is 2.68 bits per heavy atom. The van der Waals surface area contributed by atoms with E-state index in [4.69, 9.17) is 5.11 Å². The van der Waals surface area contributed by atoms with Gasteiger partial charge in [0.15, 0.2) is 5.03 Å². The average Bonchev–Trinajstić information content (AvgIpc) is 3.21. The molecule has 0 bridgehead atoms. The Hall–Kier alpha value is -0.980. The molecule has 1 fully saturated rings. The minimum atomic E-state index is -3.56. The lowest BCUT2D eigenvalue weighted by Gasteiger charge is -2.16. The van der Waals surface area contributed by atoms with Crippen LogP contribution in [0.3, 0.4) is 0 Å². The molecule has 0 aromatic carbocycles. The molecule has 1 heterocycles. The molecule has 1 aromatic rings. The highest BCUT2D eigenvalue weighted by Gasteiger charge is 2.27. The predicted octanol–water partition coefficient (Wildman–Crippen LogP) is 1.43. The van der Waals surface area contributed by atoms with E-state index in [1.165, 1.54) is 25.1 Å². The first-order valence-electron chi connectivity index (χ1n) is 6.63. The largest absolute Gasteiger partial charge is 0.392 e. The molecule has 0 aliphatic heterocycles. The molecule has 0 spiro atoms. The second-order valence-corrected chi connectivity index (χ2v) is 6.73. The zero-order valence-electron chi connectivity index (χ0n) is 11.0. The molecular formula is C13H20N2O3S. The maximum atomic E-state index is 12.2. The number of pyridine rings is 1. The van der Waals surface area contributed by atoms with Crippen molar-refractivity contribution in [2.45, 2.75) is 50.3 Å². The van der Waals surface area contributed by atoms with E-state index in [1.54, 1.807) is 6.07 Å². The molecule has 2 N–H and O–H groups in total. The van der Waals surface area contributed by atoms with Crippen LogP contribution in [0.1, 0.15) is 38.2 Å². The molecule has 1 saturated carbocycles. The van der Waals surface area contributed by atoms with Crippen LogP contribution < -0.4 is 4.72 Å². The number of aliphatic hydroxyl groups excluding tert-OH is 1. The number of rotatable bonds is 7. The molecule has 19 heavy (non-hydrogen) atoms. The van der Waals surface area contributed by atoms with E-state index in [2.05, 4.69) is 9.71 Å². The van der Waals surface area contributed by atoms with Crippen LogP contribution in [0.4, 0.5) is 0 Å². The second kappa shape index (κ2) is 5.98. The Morgan fingerprint density at radius 2 is 2.21 bits per heavy atom. The molecule has 1 aromatic heterocycles. The molecule has 1 unspecified atom stereocenters. The third-order valence-electron chi connectivity index (χ3n) is 3.38. The number of aromatic nitrogens is 1. The Morgan fingerprint density at radius 1 is 1.47 bits per heavy atom. The van der Waals surface area contributed by atoms with Gasteiger partial charge in [-0.15, -0.1) is 0 Å². The lowest BCUT2D eigenvalue weighted by molar-refractivity contribution is 0.281. The Labute approximate surface area is 114 Å². The van der Waals surface area contributed by atoms with Gasteiger partial charge in [-0.3, -0.25) is 0 Å². The topological polar surface area (TPSA) is 79.3 Å². The summed E-state index contributed by atoms with van der Waals surface area (Å²) in [6, 6.07) is 2.98. The van der Waals surface area contributed by atoms with E-state index in [1.807, 2.05) is 6.92 Å². The van der Waals surface area contributed by atoms with Gasteiger partial charge in [0.25, 0.3) is 10.0 Å². The molecule has 6 heteroatoms. The summed E-state index contributed by atoms with van der Waals surface area (Å²) in [6.07, 6.45) is 5.49. The highest BCUT2D eigenvalue weighted by molar-refractivity contribution is 7.89. The fraction of sp³-hybridized carbons (Fsp3) is 0.615. The fourth-order valence-electron chi connectivity index (χ4n) is 2.00. The predicted molar refractivity (Wildman–Crippen MR) is 71.9 cm³/mol. The van der Waals surface area contributed by atoms with Gasteiger partial charge in [-0.2, -0.15) is 0 Å². The normalized spacial score (nSPS) is 17.4. The first-order chi connectivity index (χ1) is 9.05. The monoisotopic (exact) mass is 284 g/mol. The van der Waals surface area contributed by atoms with Crippen molar-refractivity contribution in [1.82, 2.24) is 9.71 Å². The number of nitrogens with one attached hydrogen (secondary N) is 1. The van der Waals surface area contributed by atoms with Crippen molar-refractivity contribution in [2.75, 3.05) is 0 Å². The van der Waals surface area contributed by atoms with E-state index in [-0.39, 0.29) is 17.7 Å². The number of hydrogen-bond acceptors (Lipinski definition) is 4. The highest BCUT2D eigenvalue weighted by Crippen LogP contribution is 2.34. The van der Waals surface area contributed by atoms with Crippen LogP contribution in [0, 0.1) is 5.92 Å². The molecular weight excluding hydrogens is 264 g/mol. The smallest absolute Gasteiger partial charge is 0.258 e. The Bertz CT molecular complexity index is 509. The zero-order valence-corrected chi connectivity index (χ0v) is 11.9. The summed E-state index contributed by atoms with van der Waals surface area (Å²) in [5.74, 6) is 0.678. The summed E-state index contributed by atoms with van der Waals surface area (Å²) >= 11 is 0. The van der Waals surface area contributed by atoms with Gasteiger partial charge in [-0.25, -0.2) is 18.1 Å². The summed E-state index contributed by atoms with van der Waals surface area (Å²) in [4.78, 5) is 3.89. The van der Waals surface area contributed by atoms with Gasteiger partial charge in [-0.1, -0.05) is 25.8 Å². The molecule has 0 amide bonds. The fourth-order valence-corrected chi connectivity index (χ4v) is 3.26. The summed E-state index contributed by atoms with van der Waals surface area (Å²) in [6.45, 7) is 1.85. The zero-order chi connectivity index (χ0) is 13.9. The van der Waals surface area contributed by atoms with Gasteiger partial charge in [0.05, 0.1) is 6.61 Å². The van der Waals surface area contributed by atoms with Crippen molar-refractivity contribution in [3.8, 4) is 0 Å². The lowest BCUT2D eigenvalue weighted by Crippen LogP contribution is -2.35. The van der Waals surface area contributed by atoms with Crippen molar-refractivity contribution < 1.29 is 13.5 Å². The van der Waals surface area contributed by atoms with Gasteiger partial charge < -0.3 is 5.11 Å². The minimum Gasteiger partial charge on any atom is -0.392 e. The van der Waals surface area contributed by atoms with Crippen molar-refractivity contribution in [1.29, 1.82) is 0 Å². The third kappa shape index (κ3) is 3.99. The molecule has 106 valence electrons. The van der Waals surface area contributed by atoms with E-state index in [0.29, 0.717) is 11.5 Å². The number of hydrogen-bond donors (Lipinski definition) is 2. The van der Waals surface area contributed by atoms with Gasteiger partial charge >= 0.3 is 0 Å². The van der Waals surface area contributed by atoms with Crippen LogP contribution in [-0.4, -0.2) is 24.6 Å². The van der Waals surface area contributed by atoms with Crippen LogP contribution in [0.15, 0.2) is 23.4 Å². The number of aliphatic hydroxyl groups is 1. The summed E-state index contributed by atoms with van der Waals surface area (Å²) in [7, 11) is -3.56. The Kier molecular flexibility index (Phi) is 4.54. The number of sulfonamides is 1. The van der Waals surface area contributed by atoms with Crippen molar-refractivity contribution in [3.63, 3.8) is 0 Å². The maximum Gasteiger partial charge on any atom is 0.258 e. The summed E-state index contributed by atoms with van der Waals surface area (Å²) in [5, 5.41) is 8.93. The van der Waals surface area contributed by atoms with Crippen molar-refractivity contribution in [2.24, 2.45) is 5.92 Å². The molecule has 2 rings (SSSR count). The lowest BCUT2D eigenvalue weighted by atomic mass is 10.1. The van der Waals surface area contributed by atoms with Crippen LogP contribution >= 0.6 is 0 Å². The van der Waals surface area contributed by atoms with E-state index in [9.17, 15) is 8.42 Å². The minimum absolute atomic E-state index is 0.0129. The SMILES string of the molecule is CCC(CC1CC1)NS(=O)(=O)c1ccc(CO)cn1. The quantitative estimate of drug-likeness (QED) is 0.794. The van der Waals surface area contributed by atoms with Crippen LogP contribution in [0.5, 0.6) is 0 Å². The van der Waals surface area contributed by atoms with Crippen molar-refractivity contribution in [3.05, 3.63) is 23.9 Å². The molecule has 0 radical (unpaired) electrons.